The van der Waals surface area contributed by atoms with Crippen LogP contribution in [0.25, 0.3) is 0 Å². The van der Waals surface area contributed by atoms with Crippen LogP contribution in [0, 0.1) is 6.92 Å². The summed E-state index contributed by atoms with van der Waals surface area (Å²) in [6, 6.07) is 8.36. The molecule has 1 aromatic heterocycles. The Morgan fingerprint density at radius 2 is 2.08 bits per heavy atom. The fourth-order valence-corrected chi connectivity index (χ4v) is 3.73. The van der Waals surface area contributed by atoms with Gasteiger partial charge in [-0.25, -0.2) is 13.1 Å². The average molecular weight is 368 g/mol. The Morgan fingerprint density at radius 1 is 1.29 bits per heavy atom. The molecule has 0 fully saturated rings. The Kier molecular flexibility index (Phi) is 6.50. The molecule has 1 heterocycles. The minimum atomic E-state index is -3.67. The lowest BCUT2D eigenvalue weighted by atomic mass is 10.1. The van der Waals surface area contributed by atoms with Crippen LogP contribution in [-0.2, 0) is 21.3 Å². The van der Waals surface area contributed by atoms with Crippen LogP contribution in [-0.4, -0.2) is 34.6 Å². The number of hydrogen-bond acceptors (Lipinski definition) is 5. The third-order valence-electron chi connectivity index (χ3n) is 3.37. The van der Waals surface area contributed by atoms with Crippen LogP contribution in [0.1, 0.15) is 20.8 Å². The molecule has 0 bridgehead atoms. The SMILES string of the molecule is COCCNS(=O)(=O)c1ccc(C)c(C(=O)NCc2cccs2)c1. The summed E-state index contributed by atoms with van der Waals surface area (Å²) in [5.41, 5.74) is 1.07. The highest BCUT2D eigenvalue weighted by Gasteiger charge is 2.17. The van der Waals surface area contributed by atoms with E-state index in [9.17, 15) is 13.2 Å². The fourth-order valence-electron chi connectivity index (χ4n) is 2.05. The molecule has 0 radical (unpaired) electrons. The highest BCUT2D eigenvalue weighted by Crippen LogP contribution is 2.16. The number of amides is 1. The lowest BCUT2D eigenvalue weighted by molar-refractivity contribution is 0.0950. The van der Waals surface area contributed by atoms with Gasteiger partial charge in [0.15, 0.2) is 0 Å². The predicted molar refractivity (Wildman–Crippen MR) is 93.7 cm³/mol. The van der Waals surface area contributed by atoms with Crippen molar-refractivity contribution < 1.29 is 17.9 Å². The maximum absolute atomic E-state index is 12.4. The molecular formula is C16H20N2O4S2. The first kappa shape index (κ1) is 18.6. The van der Waals surface area contributed by atoms with Crippen molar-refractivity contribution in [1.82, 2.24) is 10.0 Å². The standard InChI is InChI=1S/C16H20N2O4S2/c1-12-5-6-14(24(20,21)18-7-8-22-2)10-15(12)16(19)17-11-13-4-3-9-23-13/h3-6,9-10,18H,7-8,11H2,1-2H3,(H,17,19). The van der Waals surface area contributed by atoms with E-state index in [0.29, 0.717) is 12.1 Å². The van der Waals surface area contributed by atoms with E-state index in [-0.39, 0.29) is 24.0 Å². The zero-order chi connectivity index (χ0) is 17.6. The number of aryl methyl sites for hydroxylation is 1. The van der Waals surface area contributed by atoms with Gasteiger partial charge in [0.1, 0.15) is 0 Å². The largest absolute Gasteiger partial charge is 0.383 e. The molecule has 0 atom stereocenters. The quantitative estimate of drug-likeness (QED) is 0.697. The number of rotatable bonds is 8. The van der Waals surface area contributed by atoms with E-state index < -0.39 is 10.0 Å². The van der Waals surface area contributed by atoms with Crippen LogP contribution < -0.4 is 10.0 Å². The number of methoxy groups -OCH3 is 1. The van der Waals surface area contributed by atoms with Gasteiger partial charge in [0.25, 0.3) is 5.91 Å². The lowest BCUT2D eigenvalue weighted by Crippen LogP contribution is -2.28. The number of carbonyl (C=O) groups excluding carboxylic acids is 1. The van der Waals surface area contributed by atoms with Gasteiger partial charge in [0.2, 0.25) is 10.0 Å². The molecule has 0 saturated heterocycles. The highest BCUT2D eigenvalue weighted by molar-refractivity contribution is 7.89. The lowest BCUT2D eigenvalue weighted by Gasteiger charge is -2.11. The van der Waals surface area contributed by atoms with Gasteiger partial charge in [0.05, 0.1) is 18.0 Å². The minimum Gasteiger partial charge on any atom is -0.383 e. The van der Waals surface area contributed by atoms with Gasteiger partial charge in [-0.2, -0.15) is 0 Å². The number of thiophene rings is 1. The van der Waals surface area contributed by atoms with Gasteiger partial charge in [-0.15, -0.1) is 11.3 Å². The van der Waals surface area contributed by atoms with Crippen molar-refractivity contribution in [2.75, 3.05) is 20.3 Å². The topological polar surface area (TPSA) is 84.5 Å². The van der Waals surface area contributed by atoms with Crippen LogP contribution in [0.4, 0.5) is 0 Å². The van der Waals surface area contributed by atoms with Crippen molar-refractivity contribution in [1.29, 1.82) is 0 Å². The molecule has 0 unspecified atom stereocenters. The van der Waals surface area contributed by atoms with Gasteiger partial charge in [-0.3, -0.25) is 4.79 Å². The van der Waals surface area contributed by atoms with Gasteiger partial charge in [-0.1, -0.05) is 12.1 Å². The summed E-state index contributed by atoms with van der Waals surface area (Å²) in [6.07, 6.45) is 0. The summed E-state index contributed by atoms with van der Waals surface area (Å²) < 4.78 is 31.7. The van der Waals surface area contributed by atoms with Crippen molar-refractivity contribution in [3.63, 3.8) is 0 Å². The van der Waals surface area contributed by atoms with Crippen LogP contribution in [0.15, 0.2) is 40.6 Å². The van der Waals surface area contributed by atoms with E-state index in [0.717, 1.165) is 10.4 Å². The monoisotopic (exact) mass is 368 g/mol. The molecular weight excluding hydrogens is 348 g/mol. The smallest absolute Gasteiger partial charge is 0.251 e. The molecule has 6 nitrogen and oxygen atoms in total. The van der Waals surface area contributed by atoms with Crippen molar-refractivity contribution in [2.24, 2.45) is 0 Å². The number of benzene rings is 1. The van der Waals surface area contributed by atoms with Crippen molar-refractivity contribution in [3.05, 3.63) is 51.7 Å². The summed E-state index contributed by atoms with van der Waals surface area (Å²) in [6.45, 7) is 2.64. The molecule has 1 amide bonds. The van der Waals surface area contributed by atoms with Crippen molar-refractivity contribution >= 4 is 27.3 Å². The maximum atomic E-state index is 12.4. The molecule has 130 valence electrons. The fraction of sp³-hybridized carbons (Fsp3) is 0.312. The zero-order valence-corrected chi connectivity index (χ0v) is 15.2. The zero-order valence-electron chi connectivity index (χ0n) is 13.5. The van der Waals surface area contributed by atoms with Crippen LogP contribution in [0.3, 0.4) is 0 Å². The molecule has 8 heteroatoms. The Morgan fingerprint density at radius 3 is 2.75 bits per heavy atom. The first-order valence-electron chi connectivity index (χ1n) is 7.34. The van der Waals surface area contributed by atoms with Gasteiger partial charge >= 0.3 is 0 Å². The number of nitrogens with one attached hydrogen (secondary N) is 2. The van der Waals surface area contributed by atoms with Gasteiger partial charge < -0.3 is 10.1 Å². The molecule has 1 aromatic carbocycles. The molecule has 2 aromatic rings. The molecule has 0 spiro atoms. The second-order valence-corrected chi connectivity index (χ2v) is 7.93. The molecule has 2 rings (SSSR count). The Balaban J connectivity index is 2.14. The molecule has 0 aliphatic heterocycles. The van der Waals surface area contributed by atoms with E-state index in [2.05, 4.69) is 10.0 Å². The van der Waals surface area contributed by atoms with E-state index in [1.165, 1.54) is 19.2 Å². The summed E-state index contributed by atoms with van der Waals surface area (Å²) in [7, 11) is -2.18. The number of ether oxygens (including phenoxy) is 1. The maximum Gasteiger partial charge on any atom is 0.251 e. The Hall–Kier alpha value is -1.74. The third kappa shape index (κ3) is 4.88. The second-order valence-electron chi connectivity index (χ2n) is 5.13. The van der Waals surface area contributed by atoms with E-state index in [1.54, 1.807) is 24.3 Å². The number of sulfonamides is 1. The van der Waals surface area contributed by atoms with E-state index in [1.807, 2.05) is 17.5 Å². The van der Waals surface area contributed by atoms with Crippen molar-refractivity contribution in [3.8, 4) is 0 Å². The summed E-state index contributed by atoms with van der Waals surface area (Å²) in [4.78, 5) is 13.5. The van der Waals surface area contributed by atoms with E-state index >= 15 is 0 Å². The first-order chi connectivity index (χ1) is 11.4. The third-order valence-corrected chi connectivity index (χ3v) is 5.70. The van der Waals surface area contributed by atoms with Crippen LogP contribution in [0.5, 0.6) is 0 Å². The number of carbonyl (C=O) groups is 1. The number of hydrogen-bond donors (Lipinski definition) is 2. The minimum absolute atomic E-state index is 0.0606. The van der Waals surface area contributed by atoms with E-state index in [4.69, 9.17) is 4.74 Å². The molecule has 24 heavy (non-hydrogen) atoms. The summed E-state index contributed by atoms with van der Waals surface area (Å²) >= 11 is 1.55. The average Bonchev–Trinajstić information content (AvgIpc) is 3.06. The normalized spacial score (nSPS) is 11.4. The summed E-state index contributed by atoms with van der Waals surface area (Å²) in [5.74, 6) is -0.296. The van der Waals surface area contributed by atoms with Crippen LogP contribution in [0.2, 0.25) is 0 Å². The summed E-state index contributed by atoms with van der Waals surface area (Å²) in [5, 5.41) is 4.75. The van der Waals surface area contributed by atoms with Crippen molar-refractivity contribution in [2.45, 2.75) is 18.4 Å². The first-order valence-corrected chi connectivity index (χ1v) is 9.70. The van der Waals surface area contributed by atoms with Crippen LogP contribution >= 0.6 is 11.3 Å². The highest BCUT2D eigenvalue weighted by atomic mass is 32.2. The second kappa shape index (κ2) is 8.39. The Bertz CT molecular complexity index is 786. The van der Waals surface area contributed by atoms with Gasteiger partial charge in [0, 0.05) is 24.1 Å². The molecule has 0 aliphatic carbocycles. The predicted octanol–water partition coefficient (Wildman–Crippen LogP) is 1.91. The molecule has 0 aliphatic rings. The Labute approximate surface area is 145 Å². The van der Waals surface area contributed by atoms with Gasteiger partial charge in [-0.05, 0) is 36.1 Å². The molecule has 0 saturated carbocycles. The molecule has 2 N–H and O–H groups in total.